The molecule has 0 unspecified atom stereocenters. The molecule has 0 bridgehead atoms. The predicted molar refractivity (Wildman–Crippen MR) is 61.8 cm³/mol. The number of likely N-dealkylation sites (tertiary alicyclic amines) is 1. The summed E-state index contributed by atoms with van der Waals surface area (Å²) in [5.74, 6) is 0. The lowest BCUT2D eigenvalue weighted by molar-refractivity contribution is 0.265. The first kappa shape index (κ1) is 11.1. The van der Waals surface area contributed by atoms with Crippen LogP contribution in [0.15, 0.2) is 17.5 Å². The van der Waals surface area contributed by atoms with Gasteiger partial charge in [-0.15, -0.1) is 0 Å². The van der Waals surface area contributed by atoms with Crippen LogP contribution in [0.4, 0.5) is 0 Å². The number of aryl methyl sites for hydroxylation is 1. The molecule has 1 fully saturated rings. The summed E-state index contributed by atoms with van der Waals surface area (Å²) >= 11 is 0. The van der Waals surface area contributed by atoms with Crippen molar-refractivity contribution in [3.63, 3.8) is 0 Å². The van der Waals surface area contributed by atoms with Gasteiger partial charge in [0.25, 0.3) is 0 Å². The minimum atomic E-state index is 0.892. The fourth-order valence-electron chi connectivity index (χ4n) is 2.02. The Morgan fingerprint density at radius 2 is 2.19 bits per heavy atom. The van der Waals surface area contributed by atoms with E-state index in [0.717, 1.165) is 44.6 Å². The quantitative estimate of drug-likeness (QED) is 0.610. The Morgan fingerprint density at radius 1 is 1.44 bits per heavy atom. The van der Waals surface area contributed by atoms with Gasteiger partial charge < -0.3 is 10.1 Å². The lowest BCUT2D eigenvalue weighted by Crippen LogP contribution is -2.35. The highest BCUT2D eigenvalue weighted by Gasteiger charge is 2.14. The van der Waals surface area contributed by atoms with Crippen LogP contribution in [0.5, 0.6) is 0 Å². The maximum atomic E-state index is 8.65. The van der Waals surface area contributed by atoms with Crippen LogP contribution in [0.1, 0.15) is 18.4 Å². The number of hydrogen-bond donors (Lipinski definition) is 1. The molecular formula is C11H18N4O. The second-order valence-corrected chi connectivity index (χ2v) is 4.28. The van der Waals surface area contributed by atoms with E-state index < -0.39 is 0 Å². The molecule has 1 aromatic heterocycles. The van der Waals surface area contributed by atoms with Crippen LogP contribution in [-0.2, 0) is 13.5 Å². The number of oxime groups is 1. The van der Waals surface area contributed by atoms with E-state index in [2.05, 4.69) is 21.4 Å². The monoisotopic (exact) mass is 222 g/mol. The Hall–Kier alpha value is -1.36. The third kappa shape index (κ3) is 2.82. The van der Waals surface area contributed by atoms with Gasteiger partial charge in [0.15, 0.2) is 0 Å². The fraction of sp³-hybridized carbons (Fsp3) is 0.636. The van der Waals surface area contributed by atoms with Crippen LogP contribution in [0, 0.1) is 0 Å². The van der Waals surface area contributed by atoms with E-state index in [4.69, 9.17) is 5.21 Å². The largest absolute Gasteiger partial charge is 0.411 e. The van der Waals surface area contributed by atoms with Crippen LogP contribution in [-0.4, -0.2) is 45.2 Å². The Kier molecular flexibility index (Phi) is 3.56. The molecular weight excluding hydrogens is 204 g/mol. The number of rotatable bonds is 3. The van der Waals surface area contributed by atoms with Crippen LogP contribution in [0.2, 0.25) is 0 Å². The van der Waals surface area contributed by atoms with Gasteiger partial charge in [-0.2, -0.15) is 5.10 Å². The van der Waals surface area contributed by atoms with Crippen molar-refractivity contribution in [2.24, 2.45) is 12.2 Å². The molecule has 0 aromatic carbocycles. The molecule has 2 heterocycles. The van der Waals surface area contributed by atoms with E-state index in [0.29, 0.717) is 0 Å². The first-order valence-corrected chi connectivity index (χ1v) is 5.67. The molecule has 2 rings (SSSR count). The van der Waals surface area contributed by atoms with Crippen molar-refractivity contribution in [2.75, 3.05) is 19.6 Å². The van der Waals surface area contributed by atoms with Gasteiger partial charge >= 0.3 is 0 Å². The van der Waals surface area contributed by atoms with Gasteiger partial charge in [-0.05, 0) is 12.0 Å². The summed E-state index contributed by atoms with van der Waals surface area (Å²) in [6.07, 6.45) is 6.81. The van der Waals surface area contributed by atoms with Crippen LogP contribution in [0.25, 0.3) is 0 Å². The molecule has 0 spiro atoms. The molecule has 5 nitrogen and oxygen atoms in total. The van der Waals surface area contributed by atoms with E-state index in [-0.39, 0.29) is 0 Å². The topological polar surface area (TPSA) is 53.7 Å². The van der Waals surface area contributed by atoms with Crippen molar-refractivity contribution >= 4 is 5.71 Å². The van der Waals surface area contributed by atoms with E-state index in [1.807, 2.05) is 17.9 Å². The number of piperidine rings is 1. The van der Waals surface area contributed by atoms with Gasteiger partial charge in [0.1, 0.15) is 0 Å². The van der Waals surface area contributed by atoms with Crippen molar-refractivity contribution in [3.05, 3.63) is 18.0 Å². The summed E-state index contributed by atoms with van der Waals surface area (Å²) in [7, 11) is 1.94. The van der Waals surface area contributed by atoms with E-state index >= 15 is 0 Å². The highest BCUT2D eigenvalue weighted by Crippen LogP contribution is 2.08. The molecule has 0 aliphatic carbocycles. The second kappa shape index (κ2) is 5.12. The van der Waals surface area contributed by atoms with Crippen molar-refractivity contribution < 1.29 is 5.21 Å². The van der Waals surface area contributed by atoms with E-state index in [1.165, 1.54) is 5.56 Å². The number of hydrogen-bond acceptors (Lipinski definition) is 4. The standard InChI is InChI=1S/C11H18N4O/c1-14-9-10(8-12-14)2-5-15-6-3-11(13-16)4-7-15/h8-9,16H,2-7H2,1H3. The third-order valence-electron chi connectivity index (χ3n) is 3.05. The zero-order valence-corrected chi connectivity index (χ0v) is 9.63. The highest BCUT2D eigenvalue weighted by molar-refractivity contribution is 5.84. The summed E-state index contributed by atoms with van der Waals surface area (Å²) in [5.41, 5.74) is 2.21. The summed E-state index contributed by atoms with van der Waals surface area (Å²) in [5, 5.41) is 16.1. The SMILES string of the molecule is Cn1cc(CCN2CCC(=NO)CC2)cn1. The molecule has 1 aliphatic rings. The number of aromatic nitrogens is 2. The smallest absolute Gasteiger partial charge is 0.0596 e. The van der Waals surface area contributed by atoms with Gasteiger partial charge in [-0.1, -0.05) is 5.16 Å². The predicted octanol–water partition coefficient (Wildman–Crippen LogP) is 0.889. The second-order valence-electron chi connectivity index (χ2n) is 4.28. The summed E-state index contributed by atoms with van der Waals surface area (Å²) in [6.45, 7) is 3.06. The number of nitrogens with zero attached hydrogens (tertiary/aromatic N) is 4. The van der Waals surface area contributed by atoms with Crippen LogP contribution < -0.4 is 0 Å². The normalized spacial score (nSPS) is 17.7. The van der Waals surface area contributed by atoms with Gasteiger partial charge in [0.05, 0.1) is 11.9 Å². The molecule has 1 N–H and O–H groups in total. The van der Waals surface area contributed by atoms with Crippen molar-refractivity contribution in [2.45, 2.75) is 19.3 Å². The van der Waals surface area contributed by atoms with Gasteiger partial charge in [-0.25, -0.2) is 0 Å². The first-order valence-electron chi connectivity index (χ1n) is 5.67. The Labute approximate surface area is 95.4 Å². The van der Waals surface area contributed by atoms with Gasteiger partial charge in [-0.3, -0.25) is 4.68 Å². The maximum Gasteiger partial charge on any atom is 0.0596 e. The lowest BCUT2D eigenvalue weighted by atomic mass is 10.1. The average Bonchev–Trinajstić information content (AvgIpc) is 2.73. The molecule has 0 amide bonds. The maximum absolute atomic E-state index is 8.65. The molecule has 0 saturated carbocycles. The Morgan fingerprint density at radius 3 is 2.75 bits per heavy atom. The fourth-order valence-corrected chi connectivity index (χ4v) is 2.02. The molecule has 1 aliphatic heterocycles. The highest BCUT2D eigenvalue weighted by atomic mass is 16.4. The first-order chi connectivity index (χ1) is 7.78. The van der Waals surface area contributed by atoms with E-state index in [1.54, 1.807) is 0 Å². The van der Waals surface area contributed by atoms with Gasteiger partial charge in [0, 0.05) is 45.7 Å². The van der Waals surface area contributed by atoms with Crippen LogP contribution in [0.3, 0.4) is 0 Å². The van der Waals surface area contributed by atoms with Gasteiger partial charge in [0.2, 0.25) is 0 Å². The third-order valence-corrected chi connectivity index (χ3v) is 3.05. The summed E-state index contributed by atoms with van der Waals surface area (Å²) < 4.78 is 1.84. The van der Waals surface area contributed by atoms with Crippen molar-refractivity contribution in [1.82, 2.24) is 14.7 Å². The minimum Gasteiger partial charge on any atom is -0.411 e. The van der Waals surface area contributed by atoms with Crippen LogP contribution >= 0.6 is 0 Å². The molecule has 1 saturated heterocycles. The molecule has 0 radical (unpaired) electrons. The van der Waals surface area contributed by atoms with Crippen molar-refractivity contribution in [1.29, 1.82) is 0 Å². The summed E-state index contributed by atoms with van der Waals surface area (Å²) in [6, 6.07) is 0. The average molecular weight is 222 g/mol. The summed E-state index contributed by atoms with van der Waals surface area (Å²) in [4.78, 5) is 2.40. The zero-order chi connectivity index (χ0) is 11.4. The Balaban J connectivity index is 1.75. The molecule has 1 aromatic rings. The molecule has 0 atom stereocenters. The van der Waals surface area contributed by atoms with Crippen molar-refractivity contribution in [3.8, 4) is 0 Å². The zero-order valence-electron chi connectivity index (χ0n) is 9.63. The minimum absolute atomic E-state index is 0.892. The molecule has 16 heavy (non-hydrogen) atoms. The molecule has 5 heteroatoms. The molecule has 88 valence electrons. The lowest BCUT2D eigenvalue weighted by Gasteiger charge is -2.26. The van der Waals surface area contributed by atoms with E-state index in [9.17, 15) is 0 Å². The Bertz CT molecular complexity index is 362.